The summed E-state index contributed by atoms with van der Waals surface area (Å²) < 4.78 is 9.22. The molecule has 0 aliphatic heterocycles. The zero-order valence-corrected chi connectivity index (χ0v) is 34.4. The second kappa shape index (κ2) is 15.3. The van der Waals surface area contributed by atoms with Gasteiger partial charge in [-0.25, -0.2) is 0 Å². The minimum absolute atomic E-state index is 0.863. The second-order valence-corrected chi connectivity index (χ2v) is 16.1. The number of rotatable bonds is 8. The van der Waals surface area contributed by atoms with Crippen molar-refractivity contribution in [3.05, 3.63) is 243 Å². The van der Waals surface area contributed by atoms with E-state index in [1.54, 1.807) is 0 Å². The number of benzene rings is 10. The Morgan fingerprint density at radius 1 is 0.317 bits per heavy atom. The number of para-hydroxylation sites is 4. The van der Waals surface area contributed by atoms with Crippen LogP contribution in [0.1, 0.15) is 0 Å². The highest BCUT2D eigenvalue weighted by atomic mass is 16.3. The molecule has 0 saturated heterocycles. The maximum atomic E-state index is 6.84. The molecule has 12 aromatic rings. The Morgan fingerprint density at radius 3 is 1.52 bits per heavy atom. The van der Waals surface area contributed by atoms with Crippen molar-refractivity contribution in [2.45, 2.75) is 0 Å². The molecule has 0 saturated carbocycles. The molecule has 12 rings (SSSR count). The summed E-state index contributed by atoms with van der Waals surface area (Å²) >= 11 is 0. The third-order valence-electron chi connectivity index (χ3n) is 12.4. The predicted molar refractivity (Wildman–Crippen MR) is 264 cm³/mol. The van der Waals surface area contributed by atoms with Gasteiger partial charge in [-0.3, -0.25) is 0 Å². The third kappa shape index (κ3) is 6.38. The van der Waals surface area contributed by atoms with Crippen LogP contribution in [0.4, 0.5) is 17.1 Å². The van der Waals surface area contributed by atoms with Crippen LogP contribution in [0.3, 0.4) is 0 Å². The van der Waals surface area contributed by atoms with E-state index in [1.165, 1.54) is 44.1 Å². The van der Waals surface area contributed by atoms with Crippen LogP contribution < -0.4 is 4.90 Å². The molecule has 0 aliphatic carbocycles. The maximum absolute atomic E-state index is 6.84. The molecule has 3 nitrogen and oxygen atoms in total. The molecule has 10 aromatic carbocycles. The van der Waals surface area contributed by atoms with E-state index < -0.39 is 0 Å². The fourth-order valence-corrected chi connectivity index (χ4v) is 9.41. The molecular formula is C60H40N2O. The van der Waals surface area contributed by atoms with E-state index in [9.17, 15) is 0 Å². The topological polar surface area (TPSA) is 21.3 Å². The molecule has 2 aromatic heterocycles. The molecule has 0 fully saturated rings. The van der Waals surface area contributed by atoms with Crippen LogP contribution in [-0.4, -0.2) is 4.57 Å². The lowest BCUT2D eigenvalue weighted by atomic mass is 9.97. The van der Waals surface area contributed by atoms with Crippen molar-refractivity contribution in [2.24, 2.45) is 0 Å². The fourth-order valence-electron chi connectivity index (χ4n) is 9.41. The smallest absolute Gasteiger partial charge is 0.143 e. The molecule has 0 bridgehead atoms. The zero-order valence-electron chi connectivity index (χ0n) is 34.4. The summed E-state index contributed by atoms with van der Waals surface area (Å²) in [6.45, 7) is 0. The lowest BCUT2D eigenvalue weighted by molar-refractivity contribution is 0.670. The van der Waals surface area contributed by atoms with Gasteiger partial charge in [0.1, 0.15) is 11.2 Å². The van der Waals surface area contributed by atoms with Crippen LogP contribution >= 0.6 is 0 Å². The van der Waals surface area contributed by atoms with E-state index in [1.807, 2.05) is 6.07 Å². The van der Waals surface area contributed by atoms with Gasteiger partial charge in [-0.2, -0.15) is 0 Å². The minimum atomic E-state index is 0.863. The van der Waals surface area contributed by atoms with Gasteiger partial charge in [0, 0.05) is 49.7 Å². The SMILES string of the molecule is c1ccc(-c2ccc(-c3ccccc3N(c3ccc(-c4ccccc4)cc3)c3cc(-c4cccc(-n5c6ccccc6c6ccccc65)c4)c4oc5ccccc5c4c3)cc2)cc1. The number of furan rings is 1. The van der Waals surface area contributed by atoms with Crippen LogP contribution in [0.5, 0.6) is 0 Å². The Kier molecular flexibility index (Phi) is 8.83. The quantitative estimate of drug-likeness (QED) is 0.153. The highest BCUT2D eigenvalue weighted by Gasteiger charge is 2.23. The van der Waals surface area contributed by atoms with Crippen LogP contribution in [-0.2, 0) is 0 Å². The Labute approximate surface area is 366 Å². The average molecular weight is 805 g/mol. The van der Waals surface area contributed by atoms with Crippen molar-refractivity contribution in [2.75, 3.05) is 4.90 Å². The molecular weight excluding hydrogens is 765 g/mol. The monoisotopic (exact) mass is 804 g/mol. The van der Waals surface area contributed by atoms with Crippen LogP contribution in [0.2, 0.25) is 0 Å². The van der Waals surface area contributed by atoms with Gasteiger partial charge in [-0.15, -0.1) is 0 Å². The first-order valence-corrected chi connectivity index (χ1v) is 21.5. The summed E-state index contributed by atoms with van der Waals surface area (Å²) in [4.78, 5) is 2.41. The lowest BCUT2D eigenvalue weighted by Gasteiger charge is -2.29. The largest absolute Gasteiger partial charge is 0.455 e. The fraction of sp³-hybridized carbons (Fsp3) is 0. The Hall–Kier alpha value is -8.40. The zero-order chi connectivity index (χ0) is 41.7. The van der Waals surface area contributed by atoms with Gasteiger partial charge in [0.25, 0.3) is 0 Å². The molecule has 0 radical (unpaired) electrons. The summed E-state index contributed by atoms with van der Waals surface area (Å²) in [5.74, 6) is 0. The molecule has 0 spiro atoms. The average Bonchev–Trinajstić information content (AvgIpc) is 3.91. The van der Waals surface area contributed by atoms with Crippen molar-refractivity contribution >= 4 is 60.8 Å². The van der Waals surface area contributed by atoms with Crippen molar-refractivity contribution in [3.8, 4) is 50.2 Å². The summed E-state index contributed by atoms with van der Waals surface area (Å²) in [6, 6.07) is 87.1. The van der Waals surface area contributed by atoms with Crippen molar-refractivity contribution < 1.29 is 4.42 Å². The molecule has 2 heterocycles. The predicted octanol–water partition coefficient (Wildman–Crippen LogP) is 16.8. The molecule has 63 heavy (non-hydrogen) atoms. The van der Waals surface area contributed by atoms with Crippen molar-refractivity contribution in [1.82, 2.24) is 4.57 Å². The van der Waals surface area contributed by atoms with Gasteiger partial charge in [0.15, 0.2) is 0 Å². The van der Waals surface area contributed by atoms with Gasteiger partial charge in [-0.05, 0) is 94.0 Å². The first-order valence-electron chi connectivity index (χ1n) is 21.5. The molecule has 0 N–H and O–H groups in total. The second-order valence-electron chi connectivity index (χ2n) is 16.1. The van der Waals surface area contributed by atoms with E-state index in [0.29, 0.717) is 0 Å². The standard InChI is InChI=1S/C60H40N2O/c1-3-16-41(17-4-1)43-30-32-45(33-31-43)50-22-7-11-26-56(50)61(47-36-34-44(35-37-47)42-18-5-2-6-19-42)49-39-54(60-55(40-49)53-25-10-14-29-59(53)63-60)46-20-15-21-48(38-46)62-57-27-12-8-23-51(57)52-24-9-13-28-58(52)62/h1-40H. The minimum Gasteiger partial charge on any atom is -0.455 e. The Bertz CT molecular complexity index is 3550. The summed E-state index contributed by atoms with van der Waals surface area (Å²) in [5, 5.41) is 4.62. The molecule has 0 aliphatic rings. The number of aromatic nitrogens is 1. The van der Waals surface area contributed by atoms with Gasteiger partial charge < -0.3 is 13.9 Å². The number of anilines is 3. The Balaban J connectivity index is 1.08. The summed E-state index contributed by atoms with van der Waals surface area (Å²) in [5.41, 5.74) is 17.5. The van der Waals surface area contributed by atoms with Crippen LogP contribution in [0.25, 0.3) is 93.9 Å². The number of nitrogens with zero attached hydrogens (tertiary/aromatic N) is 2. The molecule has 0 amide bonds. The van der Waals surface area contributed by atoms with Gasteiger partial charge in [0.2, 0.25) is 0 Å². The van der Waals surface area contributed by atoms with Gasteiger partial charge in [0.05, 0.1) is 16.7 Å². The van der Waals surface area contributed by atoms with E-state index in [4.69, 9.17) is 4.42 Å². The van der Waals surface area contributed by atoms with E-state index in [-0.39, 0.29) is 0 Å². The molecule has 3 heteroatoms. The first kappa shape index (κ1) is 36.5. The number of fused-ring (bicyclic) bond motifs is 6. The number of hydrogen-bond acceptors (Lipinski definition) is 2. The van der Waals surface area contributed by atoms with Crippen LogP contribution in [0, 0.1) is 0 Å². The van der Waals surface area contributed by atoms with Crippen molar-refractivity contribution in [1.29, 1.82) is 0 Å². The van der Waals surface area contributed by atoms with E-state index in [2.05, 4.69) is 246 Å². The molecule has 0 unspecified atom stereocenters. The van der Waals surface area contributed by atoms with Gasteiger partial charge >= 0.3 is 0 Å². The summed E-state index contributed by atoms with van der Waals surface area (Å²) in [7, 11) is 0. The molecule has 0 atom stereocenters. The third-order valence-corrected chi connectivity index (χ3v) is 12.4. The normalized spacial score (nSPS) is 11.5. The Morgan fingerprint density at radius 2 is 0.841 bits per heavy atom. The van der Waals surface area contributed by atoms with E-state index >= 15 is 0 Å². The molecule has 296 valence electrons. The van der Waals surface area contributed by atoms with Crippen molar-refractivity contribution in [3.63, 3.8) is 0 Å². The summed E-state index contributed by atoms with van der Waals surface area (Å²) in [6.07, 6.45) is 0. The number of hydrogen-bond donors (Lipinski definition) is 0. The highest BCUT2D eigenvalue weighted by Crippen LogP contribution is 2.46. The van der Waals surface area contributed by atoms with Crippen LogP contribution in [0.15, 0.2) is 247 Å². The highest BCUT2D eigenvalue weighted by molar-refractivity contribution is 6.12. The van der Waals surface area contributed by atoms with Gasteiger partial charge in [-0.1, -0.05) is 182 Å². The first-order chi connectivity index (χ1) is 31.2. The van der Waals surface area contributed by atoms with E-state index in [0.717, 1.165) is 66.9 Å². The lowest BCUT2D eigenvalue weighted by Crippen LogP contribution is -2.11. The maximum Gasteiger partial charge on any atom is 0.143 e.